The third-order valence-electron chi connectivity index (χ3n) is 5.62. The van der Waals surface area contributed by atoms with Crippen LogP contribution in [0.4, 0.5) is 20.2 Å². The van der Waals surface area contributed by atoms with Crippen LogP contribution in [-0.2, 0) is 0 Å². The van der Waals surface area contributed by atoms with Crippen molar-refractivity contribution in [1.29, 1.82) is 0 Å². The highest BCUT2D eigenvalue weighted by Gasteiger charge is 2.33. The number of halogens is 2. The van der Waals surface area contributed by atoms with Crippen molar-refractivity contribution in [3.05, 3.63) is 18.2 Å². The Morgan fingerprint density at radius 1 is 1.27 bits per heavy atom. The van der Waals surface area contributed by atoms with E-state index in [4.69, 9.17) is 4.74 Å². The van der Waals surface area contributed by atoms with Crippen LogP contribution in [0, 0.1) is 11.8 Å². The molecule has 26 heavy (non-hydrogen) atoms. The lowest BCUT2D eigenvalue weighted by Gasteiger charge is -2.23. The van der Waals surface area contributed by atoms with E-state index in [9.17, 15) is 13.9 Å². The minimum Gasteiger partial charge on any atom is -0.497 e. The zero-order valence-electron chi connectivity index (χ0n) is 15.3. The highest BCUT2D eigenvalue weighted by Crippen LogP contribution is 2.39. The number of fused-ring (bicyclic) bond motifs is 1. The summed E-state index contributed by atoms with van der Waals surface area (Å²) in [5, 5.41) is 13.3. The number of ether oxygens (including phenoxy) is 1. The third kappa shape index (κ3) is 4.53. The Morgan fingerprint density at radius 3 is 2.88 bits per heavy atom. The number of aliphatic hydroxyl groups is 1. The maximum atomic E-state index is 13.0. The van der Waals surface area contributed by atoms with Crippen LogP contribution in [-0.4, -0.2) is 30.6 Å². The lowest BCUT2D eigenvalue weighted by Crippen LogP contribution is -2.31. The van der Waals surface area contributed by atoms with Crippen molar-refractivity contribution in [2.45, 2.75) is 64.0 Å². The first-order valence-electron chi connectivity index (χ1n) is 9.56. The first-order valence-corrected chi connectivity index (χ1v) is 9.56. The fourth-order valence-electron chi connectivity index (χ4n) is 4.14. The average molecular weight is 366 g/mol. The van der Waals surface area contributed by atoms with Gasteiger partial charge in [0.15, 0.2) is 6.23 Å². The topological polar surface area (TPSA) is 53.8 Å². The van der Waals surface area contributed by atoms with Gasteiger partial charge in [0.2, 0.25) is 6.43 Å². The second-order valence-corrected chi connectivity index (χ2v) is 7.32. The smallest absolute Gasteiger partial charge is 0.241 e. The number of rotatable bonds is 8. The minimum absolute atomic E-state index is 0.191. The molecule has 3 atom stereocenters. The molecule has 1 heterocycles. The van der Waals surface area contributed by atoms with E-state index in [1.54, 1.807) is 7.11 Å². The van der Waals surface area contributed by atoms with Crippen LogP contribution in [0.5, 0.6) is 5.75 Å². The van der Waals surface area contributed by atoms with E-state index >= 15 is 0 Å². The van der Waals surface area contributed by atoms with Crippen molar-refractivity contribution >= 4 is 17.1 Å². The predicted molar refractivity (Wildman–Crippen MR) is 99.6 cm³/mol. The molecule has 3 rings (SSSR count). The van der Waals surface area contributed by atoms with Gasteiger partial charge < -0.3 is 15.2 Å². The molecule has 144 valence electrons. The molecular formula is C20H28F2N2O2. The largest absolute Gasteiger partial charge is 0.497 e. The molecule has 1 fully saturated rings. The van der Waals surface area contributed by atoms with E-state index < -0.39 is 18.6 Å². The predicted octanol–water partition coefficient (Wildman–Crippen LogP) is 5.14. The molecule has 0 saturated heterocycles. The summed E-state index contributed by atoms with van der Waals surface area (Å²) in [5.41, 5.74) is 2.30. The molecule has 0 amide bonds. The second-order valence-electron chi connectivity index (χ2n) is 7.32. The molecule has 1 aromatic carbocycles. The van der Waals surface area contributed by atoms with E-state index in [0.29, 0.717) is 12.8 Å². The van der Waals surface area contributed by atoms with Crippen molar-refractivity contribution < 1.29 is 18.6 Å². The summed E-state index contributed by atoms with van der Waals surface area (Å²) >= 11 is 0. The van der Waals surface area contributed by atoms with Gasteiger partial charge >= 0.3 is 0 Å². The molecule has 6 heteroatoms. The molecule has 2 aliphatic rings. The number of benzene rings is 1. The van der Waals surface area contributed by atoms with Crippen LogP contribution < -0.4 is 10.1 Å². The van der Waals surface area contributed by atoms with E-state index in [2.05, 4.69) is 10.3 Å². The third-order valence-corrected chi connectivity index (χ3v) is 5.62. The first-order chi connectivity index (χ1) is 12.6. The number of nitrogens with one attached hydrogen (secondary N) is 1. The molecule has 2 N–H and O–H groups in total. The molecule has 1 saturated carbocycles. The van der Waals surface area contributed by atoms with Crippen molar-refractivity contribution in [3.8, 4) is 5.75 Å². The van der Waals surface area contributed by atoms with Gasteiger partial charge in [-0.1, -0.05) is 19.3 Å². The summed E-state index contributed by atoms with van der Waals surface area (Å²) in [6.07, 6.45) is 4.09. The summed E-state index contributed by atoms with van der Waals surface area (Å²) in [4.78, 5) is 4.56. The Balaban J connectivity index is 1.45. The fraction of sp³-hybridized carbons (Fsp3) is 0.650. The Kier molecular flexibility index (Phi) is 6.46. The highest BCUT2D eigenvalue weighted by atomic mass is 19.3. The second kappa shape index (κ2) is 8.80. The number of anilines is 1. The molecule has 1 aliphatic heterocycles. The minimum atomic E-state index is -2.17. The molecule has 1 aliphatic carbocycles. The van der Waals surface area contributed by atoms with E-state index in [-0.39, 0.29) is 5.92 Å². The first kappa shape index (κ1) is 19.1. The lowest BCUT2D eigenvalue weighted by molar-refractivity contribution is 0.0535. The number of hydrogen-bond donors (Lipinski definition) is 2. The van der Waals surface area contributed by atoms with E-state index in [1.165, 1.54) is 0 Å². The van der Waals surface area contributed by atoms with Crippen molar-refractivity contribution in [3.63, 3.8) is 0 Å². The maximum Gasteiger partial charge on any atom is 0.241 e. The quantitative estimate of drug-likeness (QED) is 0.626. The Labute approximate surface area is 153 Å². The summed E-state index contributed by atoms with van der Waals surface area (Å²) in [7, 11) is 1.60. The number of alkyl halides is 2. The van der Waals surface area contributed by atoms with Crippen LogP contribution >= 0.6 is 0 Å². The summed E-state index contributed by atoms with van der Waals surface area (Å²) in [5.74, 6) is 0.518. The number of hydrogen-bond acceptors (Lipinski definition) is 4. The zero-order valence-corrected chi connectivity index (χ0v) is 15.3. The van der Waals surface area contributed by atoms with Gasteiger partial charge in [-0.05, 0) is 50.2 Å². The van der Waals surface area contributed by atoms with Gasteiger partial charge in [0.1, 0.15) is 5.75 Å². The molecule has 4 nitrogen and oxygen atoms in total. The van der Waals surface area contributed by atoms with Gasteiger partial charge in [-0.3, -0.25) is 4.99 Å². The molecule has 0 aromatic heterocycles. The monoisotopic (exact) mass is 366 g/mol. The Bertz CT molecular complexity index is 636. The number of nitrogens with zero attached hydrogens (tertiary/aromatic N) is 1. The van der Waals surface area contributed by atoms with Gasteiger partial charge in [-0.2, -0.15) is 0 Å². The van der Waals surface area contributed by atoms with Gasteiger partial charge in [-0.25, -0.2) is 8.78 Å². The molecule has 1 unspecified atom stereocenters. The molecular weight excluding hydrogens is 338 g/mol. The van der Waals surface area contributed by atoms with Gasteiger partial charge in [0.25, 0.3) is 0 Å². The Morgan fingerprint density at radius 2 is 2.12 bits per heavy atom. The summed E-state index contributed by atoms with van der Waals surface area (Å²) < 4.78 is 31.1. The van der Waals surface area contributed by atoms with Crippen LogP contribution in [0.25, 0.3) is 0 Å². The van der Waals surface area contributed by atoms with Crippen molar-refractivity contribution in [1.82, 2.24) is 0 Å². The zero-order chi connectivity index (χ0) is 18.5. The standard InChI is InChI=1S/C20H28F2N2O2/c1-26-14-10-11-16-18(12-14)24-20(25)17(23-16)9-4-2-3-6-13-7-5-8-15(13)19(21)22/h10-13,15,19-20,24-25H,2-9H2,1H3/t13-,15+,20?/m1/s1. The number of aliphatic hydroxyl groups excluding tert-OH is 1. The van der Waals surface area contributed by atoms with Gasteiger partial charge in [-0.15, -0.1) is 0 Å². The number of unbranched alkanes of at least 4 members (excludes halogenated alkanes) is 2. The van der Waals surface area contributed by atoms with Crippen LogP contribution in [0.15, 0.2) is 23.2 Å². The fourth-order valence-corrected chi connectivity index (χ4v) is 4.14. The molecule has 0 radical (unpaired) electrons. The summed E-state index contributed by atoms with van der Waals surface area (Å²) in [6.45, 7) is 0. The number of aliphatic imine (C=N–C) groups is 1. The van der Waals surface area contributed by atoms with Gasteiger partial charge in [0, 0.05) is 12.0 Å². The Hall–Kier alpha value is -1.69. The average Bonchev–Trinajstić information content (AvgIpc) is 3.10. The van der Waals surface area contributed by atoms with Crippen LogP contribution in [0.1, 0.15) is 51.4 Å². The molecule has 0 spiro atoms. The SMILES string of the molecule is COc1ccc2c(c1)NC(O)C(CCCCC[C@@H]1CCC[C@@H]1C(F)F)=N2. The summed E-state index contributed by atoms with van der Waals surface area (Å²) in [6, 6.07) is 5.54. The van der Waals surface area contributed by atoms with Crippen LogP contribution in [0.2, 0.25) is 0 Å². The molecule has 1 aromatic rings. The van der Waals surface area contributed by atoms with Crippen molar-refractivity contribution in [2.24, 2.45) is 16.8 Å². The molecule has 0 bridgehead atoms. The van der Waals surface area contributed by atoms with Gasteiger partial charge in [0.05, 0.1) is 24.2 Å². The van der Waals surface area contributed by atoms with Crippen LogP contribution in [0.3, 0.4) is 0 Å². The maximum absolute atomic E-state index is 13.0. The van der Waals surface area contributed by atoms with Crippen molar-refractivity contribution in [2.75, 3.05) is 12.4 Å². The normalized spacial score (nSPS) is 25.0. The highest BCUT2D eigenvalue weighted by molar-refractivity contribution is 5.97. The lowest BCUT2D eigenvalue weighted by atomic mass is 9.91. The van der Waals surface area contributed by atoms with E-state index in [0.717, 1.165) is 61.4 Å². The number of methoxy groups -OCH3 is 1. The van der Waals surface area contributed by atoms with E-state index in [1.807, 2.05) is 18.2 Å².